The Morgan fingerprint density at radius 1 is 1.17 bits per heavy atom. The molecule has 1 unspecified atom stereocenters. The van der Waals surface area contributed by atoms with E-state index in [0.717, 1.165) is 12.2 Å². The average Bonchev–Trinajstić information content (AvgIpc) is 3.31. The second-order valence-electron chi connectivity index (χ2n) is 6.72. The van der Waals surface area contributed by atoms with Gasteiger partial charge in [0.05, 0.1) is 37.9 Å². The van der Waals surface area contributed by atoms with Gasteiger partial charge >= 0.3 is 6.03 Å². The molecule has 2 amide bonds. The topological polar surface area (TPSA) is 76.8 Å². The number of ether oxygens (including phenoxy) is 2. The van der Waals surface area contributed by atoms with Gasteiger partial charge in [-0.1, -0.05) is 30.3 Å². The van der Waals surface area contributed by atoms with Crippen LogP contribution in [0.15, 0.2) is 71.5 Å². The fourth-order valence-electron chi connectivity index (χ4n) is 3.14. The summed E-state index contributed by atoms with van der Waals surface area (Å²) in [6.07, 6.45) is 3.77. The molecule has 0 spiro atoms. The van der Waals surface area contributed by atoms with Gasteiger partial charge in [-0.05, 0) is 23.8 Å². The molecule has 1 N–H and O–H groups in total. The Labute approximate surface area is 169 Å². The van der Waals surface area contributed by atoms with Crippen molar-refractivity contribution in [3.05, 3.63) is 78.4 Å². The largest absolute Gasteiger partial charge is 0.477 e. The molecule has 4 rings (SSSR count). The van der Waals surface area contributed by atoms with Crippen LogP contribution in [0.3, 0.4) is 0 Å². The number of rotatable bonds is 6. The molecule has 1 aromatic carbocycles. The number of hydrogen-bond acceptors (Lipinski definition) is 5. The van der Waals surface area contributed by atoms with Gasteiger partial charge in [-0.15, -0.1) is 0 Å². The van der Waals surface area contributed by atoms with E-state index in [0.29, 0.717) is 37.9 Å². The lowest BCUT2D eigenvalue weighted by molar-refractivity contribution is -0.0242. The van der Waals surface area contributed by atoms with Gasteiger partial charge in [0.1, 0.15) is 11.9 Å². The number of urea groups is 1. The number of anilines is 1. The van der Waals surface area contributed by atoms with Crippen molar-refractivity contribution >= 4 is 11.7 Å². The van der Waals surface area contributed by atoms with E-state index in [2.05, 4.69) is 22.4 Å². The minimum Gasteiger partial charge on any atom is -0.477 e. The summed E-state index contributed by atoms with van der Waals surface area (Å²) in [5.74, 6) is 1.25. The lowest BCUT2D eigenvalue weighted by Gasteiger charge is -2.31. The van der Waals surface area contributed by atoms with Gasteiger partial charge in [-0.3, -0.25) is 0 Å². The van der Waals surface area contributed by atoms with Crippen molar-refractivity contribution in [1.29, 1.82) is 0 Å². The summed E-state index contributed by atoms with van der Waals surface area (Å²) in [6, 6.07) is 17.2. The van der Waals surface area contributed by atoms with Gasteiger partial charge in [-0.2, -0.15) is 0 Å². The first kappa shape index (κ1) is 19.0. The summed E-state index contributed by atoms with van der Waals surface area (Å²) < 4.78 is 16.8. The van der Waals surface area contributed by atoms with E-state index in [1.165, 1.54) is 5.56 Å². The molecular formula is C22H23N3O4. The number of benzene rings is 1. The molecule has 1 atom stereocenters. The Hall–Kier alpha value is -3.32. The summed E-state index contributed by atoms with van der Waals surface area (Å²) >= 11 is 0. The Balaban J connectivity index is 1.26. The number of aromatic nitrogens is 1. The number of pyridine rings is 1. The van der Waals surface area contributed by atoms with Gasteiger partial charge in [-0.25, -0.2) is 9.78 Å². The highest BCUT2D eigenvalue weighted by Crippen LogP contribution is 2.23. The molecule has 3 heterocycles. The third kappa shape index (κ3) is 5.14. The van der Waals surface area contributed by atoms with Gasteiger partial charge < -0.3 is 24.1 Å². The molecule has 3 aromatic rings. The SMILES string of the molecule is O=C(Nc1ccc(OCCc2ccccc2)nc1)N1CCOC(c2ccco2)C1. The van der Waals surface area contributed by atoms with E-state index in [9.17, 15) is 4.79 Å². The van der Waals surface area contributed by atoms with Crippen LogP contribution in [0.1, 0.15) is 17.4 Å². The molecule has 7 nitrogen and oxygen atoms in total. The van der Waals surface area contributed by atoms with E-state index < -0.39 is 0 Å². The van der Waals surface area contributed by atoms with E-state index >= 15 is 0 Å². The van der Waals surface area contributed by atoms with Crippen molar-refractivity contribution in [3.63, 3.8) is 0 Å². The Kier molecular flexibility index (Phi) is 6.07. The summed E-state index contributed by atoms with van der Waals surface area (Å²) in [7, 11) is 0. The van der Waals surface area contributed by atoms with Crippen LogP contribution in [-0.2, 0) is 11.2 Å². The number of morpholine rings is 1. The predicted molar refractivity (Wildman–Crippen MR) is 108 cm³/mol. The maximum atomic E-state index is 12.6. The monoisotopic (exact) mass is 393 g/mol. The van der Waals surface area contributed by atoms with Crippen LogP contribution in [0, 0.1) is 0 Å². The zero-order valence-electron chi connectivity index (χ0n) is 16.0. The minimum atomic E-state index is -0.247. The number of carbonyl (C=O) groups is 1. The Morgan fingerprint density at radius 2 is 2.07 bits per heavy atom. The predicted octanol–water partition coefficient (Wildman–Crippen LogP) is 3.90. The third-order valence-electron chi connectivity index (χ3n) is 4.69. The minimum absolute atomic E-state index is 0.190. The van der Waals surface area contributed by atoms with Crippen LogP contribution in [0.25, 0.3) is 0 Å². The van der Waals surface area contributed by atoms with Gasteiger partial charge in [0.2, 0.25) is 5.88 Å². The number of nitrogens with zero attached hydrogens (tertiary/aromatic N) is 2. The molecule has 0 bridgehead atoms. The van der Waals surface area contributed by atoms with Gasteiger partial charge in [0.25, 0.3) is 0 Å². The molecule has 0 radical (unpaired) electrons. The summed E-state index contributed by atoms with van der Waals surface area (Å²) in [5.41, 5.74) is 1.83. The summed E-state index contributed by atoms with van der Waals surface area (Å²) in [6.45, 7) is 1.97. The third-order valence-corrected chi connectivity index (χ3v) is 4.69. The lowest BCUT2D eigenvalue weighted by atomic mass is 10.2. The van der Waals surface area contributed by atoms with Crippen LogP contribution in [-0.4, -0.2) is 42.2 Å². The molecular weight excluding hydrogens is 370 g/mol. The fraction of sp³-hybridized carbons (Fsp3) is 0.273. The van der Waals surface area contributed by atoms with Crippen molar-refractivity contribution in [3.8, 4) is 5.88 Å². The standard InChI is InChI=1S/C22H23N3O4/c26-22(25-11-14-28-20(16-25)19-7-4-12-27-19)24-18-8-9-21(23-15-18)29-13-10-17-5-2-1-3-6-17/h1-9,12,15,20H,10-11,13-14,16H2,(H,24,26). The Bertz CT molecular complexity index is 898. The Morgan fingerprint density at radius 3 is 2.83 bits per heavy atom. The number of furan rings is 1. The highest BCUT2D eigenvalue weighted by atomic mass is 16.5. The zero-order valence-corrected chi connectivity index (χ0v) is 16.0. The molecule has 1 aliphatic heterocycles. The molecule has 1 fully saturated rings. The van der Waals surface area contributed by atoms with Crippen LogP contribution < -0.4 is 10.1 Å². The molecule has 150 valence electrons. The van der Waals surface area contributed by atoms with E-state index in [1.54, 1.807) is 29.5 Å². The first-order chi connectivity index (χ1) is 14.3. The van der Waals surface area contributed by atoms with Crippen molar-refractivity contribution < 1.29 is 18.7 Å². The van der Waals surface area contributed by atoms with E-state index in [-0.39, 0.29) is 12.1 Å². The first-order valence-corrected chi connectivity index (χ1v) is 9.61. The maximum Gasteiger partial charge on any atom is 0.322 e. The molecule has 0 aliphatic carbocycles. The summed E-state index contributed by atoms with van der Waals surface area (Å²) in [5, 5.41) is 2.87. The van der Waals surface area contributed by atoms with Crippen molar-refractivity contribution in [2.75, 3.05) is 31.6 Å². The average molecular weight is 393 g/mol. The fourth-order valence-corrected chi connectivity index (χ4v) is 3.14. The zero-order chi connectivity index (χ0) is 19.9. The highest BCUT2D eigenvalue weighted by Gasteiger charge is 2.27. The first-order valence-electron chi connectivity index (χ1n) is 9.61. The smallest absolute Gasteiger partial charge is 0.322 e. The van der Waals surface area contributed by atoms with E-state index in [4.69, 9.17) is 13.9 Å². The molecule has 1 aliphatic rings. The highest BCUT2D eigenvalue weighted by molar-refractivity contribution is 5.89. The number of amides is 2. The molecule has 2 aromatic heterocycles. The van der Waals surface area contributed by atoms with Crippen LogP contribution in [0.4, 0.5) is 10.5 Å². The molecule has 7 heteroatoms. The van der Waals surface area contributed by atoms with E-state index in [1.807, 2.05) is 30.3 Å². The van der Waals surface area contributed by atoms with Gasteiger partial charge in [0, 0.05) is 19.0 Å². The quantitative estimate of drug-likeness (QED) is 0.687. The second-order valence-corrected chi connectivity index (χ2v) is 6.72. The number of nitrogens with one attached hydrogen (secondary N) is 1. The van der Waals surface area contributed by atoms with Crippen LogP contribution in [0.2, 0.25) is 0 Å². The molecule has 29 heavy (non-hydrogen) atoms. The van der Waals surface area contributed by atoms with Crippen molar-refractivity contribution in [2.45, 2.75) is 12.5 Å². The van der Waals surface area contributed by atoms with Gasteiger partial charge in [0.15, 0.2) is 0 Å². The number of carbonyl (C=O) groups excluding carboxylic acids is 1. The maximum absolute atomic E-state index is 12.6. The van der Waals surface area contributed by atoms with Crippen molar-refractivity contribution in [2.24, 2.45) is 0 Å². The second kappa shape index (κ2) is 9.25. The normalized spacial score (nSPS) is 16.4. The van der Waals surface area contributed by atoms with Crippen LogP contribution >= 0.6 is 0 Å². The lowest BCUT2D eigenvalue weighted by Crippen LogP contribution is -2.44. The molecule has 1 saturated heterocycles. The van der Waals surface area contributed by atoms with Crippen molar-refractivity contribution in [1.82, 2.24) is 9.88 Å². The number of hydrogen-bond donors (Lipinski definition) is 1. The van der Waals surface area contributed by atoms with Crippen LogP contribution in [0.5, 0.6) is 5.88 Å². The summed E-state index contributed by atoms with van der Waals surface area (Å²) in [4.78, 5) is 18.5. The molecule has 0 saturated carbocycles.